The van der Waals surface area contributed by atoms with Crippen LogP contribution in [0, 0.1) is 20.8 Å². The Morgan fingerprint density at radius 2 is 2.00 bits per heavy atom. The van der Waals surface area contributed by atoms with Gasteiger partial charge in [-0.2, -0.15) is 5.10 Å². The van der Waals surface area contributed by atoms with Crippen LogP contribution in [0.15, 0.2) is 24.5 Å². The van der Waals surface area contributed by atoms with Crippen molar-refractivity contribution in [2.24, 2.45) is 0 Å². The van der Waals surface area contributed by atoms with Crippen molar-refractivity contribution < 1.29 is 9.13 Å². The van der Waals surface area contributed by atoms with E-state index in [0.717, 1.165) is 40.7 Å². The first kappa shape index (κ1) is 17.1. The SMILES string of the molecule is Cc1ncc(C)n2nc(C3CC3c3nc4c(OC(C)F)cccn4c3C)nc12. The zero-order chi connectivity index (χ0) is 19.6. The highest BCUT2D eigenvalue weighted by Crippen LogP contribution is 2.54. The van der Waals surface area contributed by atoms with E-state index in [1.54, 1.807) is 6.07 Å². The Morgan fingerprint density at radius 3 is 2.75 bits per heavy atom. The number of imidazole rings is 1. The molecule has 0 saturated heterocycles. The van der Waals surface area contributed by atoms with E-state index in [1.807, 2.05) is 48.1 Å². The maximum Gasteiger partial charge on any atom is 0.236 e. The Bertz CT molecular complexity index is 1170. The van der Waals surface area contributed by atoms with Gasteiger partial charge in [0.2, 0.25) is 6.36 Å². The number of hydrogen-bond acceptors (Lipinski definition) is 5. The molecule has 3 unspecified atom stereocenters. The summed E-state index contributed by atoms with van der Waals surface area (Å²) in [5, 5.41) is 4.71. The minimum absolute atomic E-state index is 0.228. The maximum atomic E-state index is 13.4. The minimum Gasteiger partial charge on any atom is -0.457 e. The van der Waals surface area contributed by atoms with Crippen molar-refractivity contribution in [1.29, 1.82) is 0 Å². The third-order valence-electron chi connectivity index (χ3n) is 5.38. The first-order valence-corrected chi connectivity index (χ1v) is 9.41. The van der Waals surface area contributed by atoms with Crippen LogP contribution < -0.4 is 4.74 Å². The van der Waals surface area contributed by atoms with Crippen LogP contribution >= 0.6 is 0 Å². The lowest BCUT2D eigenvalue weighted by atomic mass is 10.2. The van der Waals surface area contributed by atoms with Gasteiger partial charge in [0, 0.05) is 36.8 Å². The van der Waals surface area contributed by atoms with Gasteiger partial charge in [-0.15, -0.1) is 0 Å². The van der Waals surface area contributed by atoms with Gasteiger partial charge < -0.3 is 9.14 Å². The fourth-order valence-corrected chi connectivity index (χ4v) is 3.85. The molecule has 1 saturated carbocycles. The van der Waals surface area contributed by atoms with Crippen LogP contribution in [0.3, 0.4) is 0 Å². The fraction of sp³-hybridized carbons (Fsp3) is 0.400. The van der Waals surface area contributed by atoms with Crippen LogP contribution in [0.2, 0.25) is 0 Å². The van der Waals surface area contributed by atoms with Crippen LogP contribution in [0.25, 0.3) is 11.3 Å². The van der Waals surface area contributed by atoms with Gasteiger partial charge in [0.25, 0.3) is 0 Å². The molecule has 0 bridgehead atoms. The summed E-state index contributed by atoms with van der Waals surface area (Å²) in [6, 6.07) is 3.59. The van der Waals surface area contributed by atoms with Crippen molar-refractivity contribution in [3.8, 4) is 5.75 Å². The number of hydrogen-bond donors (Lipinski definition) is 0. The van der Waals surface area contributed by atoms with E-state index in [9.17, 15) is 4.39 Å². The average molecular weight is 380 g/mol. The monoisotopic (exact) mass is 380 g/mol. The van der Waals surface area contributed by atoms with Gasteiger partial charge in [-0.05, 0) is 39.3 Å². The van der Waals surface area contributed by atoms with Crippen molar-refractivity contribution in [1.82, 2.24) is 29.0 Å². The molecule has 144 valence electrons. The smallest absolute Gasteiger partial charge is 0.236 e. The molecular weight excluding hydrogens is 359 g/mol. The van der Waals surface area contributed by atoms with Crippen LogP contribution in [0.5, 0.6) is 5.75 Å². The molecule has 0 amide bonds. The molecule has 3 atom stereocenters. The molecule has 1 aliphatic carbocycles. The minimum atomic E-state index is -1.39. The Labute approximate surface area is 161 Å². The zero-order valence-corrected chi connectivity index (χ0v) is 16.2. The van der Waals surface area contributed by atoms with Gasteiger partial charge >= 0.3 is 0 Å². The van der Waals surface area contributed by atoms with E-state index in [0.29, 0.717) is 11.4 Å². The second-order valence-electron chi connectivity index (χ2n) is 7.45. The van der Waals surface area contributed by atoms with Gasteiger partial charge in [0.05, 0.1) is 17.1 Å². The molecule has 4 aromatic heterocycles. The molecule has 0 radical (unpaired) electrons. The highest BCUT2D eigenvalue weighted by molar-refractivity contribution is 5.57. The number of fused-ring (bicyclic) bond motifs is 2. The summed E-state index contributed by atoms with van der Waals surface area (Å²) in [7, 11) is 0. The Balaban J connectivity index is 1.52. The van der Waals surface area contributed by atoms with Crippen molar-refractivity contribution >= 4 is 11.3 Å². The van der Waals surface area contributed by atoms with Crippen molar-refractivity contribution in [3.05, 3.63) is 53.1 Å². The van der Waals surface area contributed by atoms with Gasteiger partial charge in [-0.3, -0.25) is 4.98 Å². The molecule has 1 fully saturated rings. The van der Waals surface area contributed by atoms with Gasteiger partial charge in [0.15, 0.2) is 22.9 Å². The van der Waals surface area contributed by atoms with Crippen LogP contribution in [-0.4, -0.2) is 35.3 Å². The molecule has 1 aliphatic rings. The second kappa shape index (κ2) is 5.98. The lowest BCUT2D eigenvalue weighted by molar-refractivity contribution is 0.0871. The summed E-state index contributed by atoms with van der Waals surface area (Å²) in [6.45, 7) is 7.31. The Kier molecular flexibility index (Phi) is 3.65. The molecular formula is C20H21FN6O. The summed E-state index contributed by atoms with van der Waals surface area (Å²) >= 11 is 0. The normalized spacial score (nSPS) is 20.0. The molecule has 0 spiro atoms. The van der Waals surface area contributed by atoms with Crippen LogP contribution in [-0.2, 0) is 0 Å². The van der Waals surface area contributed by atoms with Crippen LogP contribution in [0.1, 0.15) is 53.8 Å². The number of alkyl halides is 1. The fourth-order valence-electron chi connectivity index (χ4n) is 3.85. The van der Waals surface area contributed by atoms with E-state index in [4.69, 9.17) is 19.8 Å². The van der Waals surface area contributed by atoms with Gasteiger partial charge in [-0.1, -0.05) is 0 Å². The summed E-state index contributed by atoms with van der Waals surface area (Å²) in [6.07, 6.45) is 3.30. The Morgan fingerprint density at radius 1 is 1.18 bits per heavy atom. The third kappa shape index (κ3) is 2.55. The number of nitrogens with zero attached hydrogens (tertiary/aromatic N) is 6. The summed E-state index contributed by atoms with van der Waals surface area (Å²) in [5.74, 6) is 1.76. The highest BCUT2D eigenvalue weighted by Gasteiger charge is 2.45. The molecule has 4 aromatic rings. The topological polar surface area (TPSA) is 69.6 Å². The summed E-state index contributed by atoms with van der Waals surface area (Å²) in [4.78, 5) is 13.9. The number of rotatable bonds is 4. The molecule has 7 nitrogen and oxygen atoms in total. The van der Waals surface area contributed by atoms with E-state index in [1.165, 1.54) is 6.92 Å². The molecule has 5 rings (SSSR count). The number of ether oxygens (including phenoxy) is 1. The molecule has 8 heteroatoms. The first-order valence-electron chi connectivity index (χ1n) is 9.41. The molecule has 28 heavy (non-hydrogen) atoms. The van der Waals surface area contributed by atoms with E-state index < -0.39 is 6.36 Å². The summed E-state index contributed by atoms with van der Waals surface area (Å²) in [5.41, 5.74) is 5.31. The number of aryl methyl sites for hydroxylation is 3. The van der Waals surface area contributed by atoms with E-state index >= 15 is 0 Å². The van der Waals surface area contributed by atoms with Crippen LogP contribution in [0.4, 0.5) is 4.39 Å². The maximum absolute atomic E-state index is 13.4. The average Bonchev–Trinajstić information content (AvgIpc) is 3.17. The first-order chi connectivity index (χ1) is 13.4. The van der Waals surface area contributed by atoms with Crippen molar-refractivity contribution in [2.75, 3.05) is 0 Å². The lowest BCUT2D eigenvalue weighted by Gasteiger charge is -2.07. The van der Waals surface area contributed by atoms with Crippen molar-refractivity contribution in [2.45, 2.75) is 52.3 Å². The summed E-state index contributed by atoms with van der Waals surface area (Å²) < 4.78 is 22.5. The Hall–Kier alpha value is -3.03. The molecule has 0 aliphatic heterocycles. The predicted molar refractivity (Wildman–Crippen MR) is 101 cm³/mol. The second-order valence-corrected chi connectivity index (χ2v) is 7.45. The third-order valence-corrected chi connectivity index (χ3v) is 5.38. The standard InChI is InChI=1S/C20H21FN6O/c1-10-9-22-11(2)19-24-18(25-27(10)19)15-8-14(15)17-12(3)26-7-5-6-16(20(26)23-17)28-13(4)21/h5-7,9,13-15H,8H2,1-4H3. The zero-order valence-electron chi connectivity index (χ0n) is 16.2. The highest BCUT2D eigenvalue weighted by atomic mass is 19.1. The molecule has 0 aromatic carbocycles. The quantitative estimate of drug-likeness (QED) is 0.540. The van der Waals surface area contributed by atoms with E-state index in [2.05, 4.69) is 4.98 Å². The van der Waals surface area contributed by atoms with E-state index in [-0.39, 0.29) is 11.8 Å². The molecule has 4 heterocycles. The number of halogens is 1. The van der Waals surface area contributed by atoms with Gasteiger partial charge in [0.1, 0.15) is 0 Å². The number of pyridine rings is 1. The van der Waals surface area contributed by atoms with Gasteiger partial charge in [-0.25, -0.2) is 18.9 Å². The number of aromatic nitrogens is 6. The predicted octanol–water partition coefficient (Wildman–Crippen LogP) is 3.66. The lowest BCUT2D eigenvalue weighted by Crippen LogP contribution is -2.05. The molecule has 0 N–H and O–H groups in total. The largest absolute Gasteiger partial charge is 0.457 e. The van der Waals surface area contributed by atoms with Crippen molar-refractivity contribution in [3.63, 3.8) is 0 Å².